The molecular formula is C25H36N4OS. The molecule has 2 heterocycles. The standard InChI is InChI=1S/C25H36N4OS/c1-16-17(15-29(5)28-16)14-26-24-22(23(30)27-19-9-7-6-8-10-19)20-12-11-18(25(2,3)4)13-21(20)31-24/h14-15,18-19H,6-13H2,1-5H3,(H,27,30)/t18-/m0/s1. The first-order valence-corrected chi connectivity index (χ1v) is 12.5. The fourth-order valence-electron chi connectivity index (χ4n) is 5.01. The van der Waals surface area contributed by atoms with Crippen LogP contribution in [0.4, 0.5) is 5.00 Å². The van der Waals surface area contributed by atoms with Crippen molar-refractivity contribution >= 4 is 28.5 Å². The molecule has 0 aromatic carbocycles. The summed E-state index contributed by atoms with van der Waals surface area (Å²) in [5, 5.41) is 8.61. The summed E-state index contributed by atoms with van der Waals surface area (Å²) in [4.78, 5) is 19.6. The molecule has 2 aromatic heterocycles. The first-order chi connectivity index (χ1) is 14.7. The highest BCUT2D eigenvalue weighted by molar-refractivity contribution is 7.16. The maximum Gasteiger partial charge on any atom is 0.254 e. The van der Waals surface area contributed by atoms with Crippen molar-refractivity contribution in [3.8, 4) is 0 Å². The maximum absolute atomic E-state index is 13.4. The Bertz CT molecular complexity index is 973. The van der Waals surface area contributed by atoms with Gasteiger partial charge in [0.15, 0.2) is 0 Å². The Kier molecular flexibility index (Phi) is 6.38. The van der Waals surface area contributed by atoms with Gasteiger partial charge in [0.1, 0.15) is 5.00 Å². The van der Waals surface area contributed by atoms with Gasteiger partial charge in [0.05, 0.1) is 11.3 Å². The van der Waals surface area contributed by atoms with Crippen molar-refractivity contribution in [2.24, 2.45) is 23.4 Å². The second-order valence-corrected chi connectivity index (χ2v) is 11.5. The van der Waals surface area contributed by atoms with E-state index < -0.39 is 0 Å². The number of hydrogen-bond donors (Lipinski definition) is 1. The van der Waals surface area contributed by atoms with Crippen LogP contribution in [0.15, 0.2) is 11.2 Å². The molecule has 4 rings (SSSR count). The number of nitrogens with zero attached hydrogens (tertiary/aromatic N) is 3. The van der Waals surface area contributed by atoms with Gasteiger partial charge < -0.3 is 5.32 Å². The maximum atomic E-state index is 13.4. The first-order valence-electron chi connectivity index (χ1n) is 11.7. The Morgan fingerprint density at radius 1 is 1.26 bits per heavy atom. The van der Waals surface area contributed by atoms with E-state index in [4.69, 9.17) is 4.99 Å². The van der Waals surface area contributed by atoms with E-state index in [9.17, 15) is 4.79 Å². The minimum Gasteiger partial charge on any atom is -0.349 e. The van der Waals surface area contributed by atoms with Crippen molar-refractivity contribution in [1.29, 1.82) is 0 Å². The predicted octanol–water partition coefficient (Wildman–Crippen LogP) is 5.75. The number of nitrogens with one attached hydrogen (secondary N) is 1. The lowest BCUT2D eigenvalue weighted by molar-refractivity contribution is 0.0927. The average Bonchev–Trinajstić information content (AvgIpc) is 3.24. The van der Waals surface area contributed by atoms with E-state index in [0.29, 0.717) is 12.0 Å². The lowest BCUT2D eigenvalue weighted by Crippen LogP contribution is -2.36. The highest BCUT2D eigenvalue weighted by Gasteiger charge is 2.34. The van der Waals surface area contributed by atoms with Crippen LogP contribution in [-0.4, -0.2) is 27.9 Å². The summed E-state index contributed by atoms with van der Waals surface area (Å²) in [5.41, 5.74) is 4.31. The summed E-state index contributed by atoms with van der Waals surface area (Å²) >= 11 is 1.72. The van der Waals surface area contributed by atoms with E-state index in [-0.39, 0.29) is 11.3 Å². The largest absolute Gasteiger partial charge is 0.349 e. The van der Waals surface area contributed by atoms with Crippen LogP contribution in [0.2, 0.25) is 0 Å². The monoisotopic (exact) mass is 440 g/mol. The fourth-order valence-corrected chi connectivity index (χ4v) is 6.28. The van der Waals surface area contributed by atoms with Crippen LogP contribution >= 0.6 is 11.3 Å². The molecule has 2 aromatic rings. The molecule has 0 aliphatic heterocycles. The van der Waals surface area contributed by atoms with E-state index in [1.807, 2.05) is 26.4 Å². The van der Waals surface area contributed by atoms with Gasteiger partial charge >= 0.3 is 0 Å². The molecule has 0 saturated heterocycles. The number of rotatable bonds is 4. The third-order valence-electron chi connectivity index (χ3n) is 7.01. The molecule has 31 heavy (non-hydrogen) atoms. The molecule has 0 spiro atoms. The number of fused-ring (bicyclic) bond motifs is 1. The van der Waals surface area contributed by atoms with Gasteiger partial charge in [0.25, 0.3) is 5.91 Å². The van der Waals surface area contributed by atoms with Gasteiger partial charge in [-0.25, -0.2) is 4.99 Å². The lowest BCUT2D eigenvalue weighted by atomic mass is 9.72. The Labute approximate surface area is 190 Å². The van der Waals surface area contributed by atoms with Crippen LogP contribution in [0.1, 0.15) is 91.4 Å². The van der Waals surface area contributed by atoms with Gasteiger partial charge in [0, 0.05) is 35.9 Å². The summed E-state index contributed by atoms with van der Waals surface area (Å²) in [6.07, 6.45) is 12.9. The SMILES string of the molecule is Cc1nn(C)cc1C=Nc1sc2c(c1C(=O)NC1CCCCC1)CC[C@H](C(C)(C)C)C2. The van der Waals surface area contributed by atoms with Crippen molar-refractivity contribution in [3.63, 3.8) is 0 Å². The number of hydrogen-bond acceptors (Lipinski definition) is 4. The predicted molar refractivity (Wildman–Crippen MR) is 129 cm³/mol. The Hall–Kier alpha value is -1.95. The zero-order chi connectivity index (χ0) is 22.2. The molecule has 1 amide bonds. The average molecular weight is 441 g/mol. The summed E-state index contributed by atoms with van der Waals surface area (Å²) in [6, 6.07) is 0.306. The summed E-state index contributed by atoms with van der Waals surface area (Å²) in [7, 11) is 1.92. The summed E-state index contributed by atoms with van der Waals surface area (Å²) in [5.74, 6) is 0.721. The third kappa shape index (κ3) is 4.94. The molecule has 2 aliphatic rings. The molecule has 168 valence electrons. The van der Waals surface area contributed by atoms with E-state index >= 15 is 0 Å². The van der Waals surface area contributed by atoms with E-state index in [0.717, 1.165) is 53.9 Å². The van der Waals surface area contributed by atoms with Gasteiger partial charge in [-0.3, -0.25) is 9.48 Å². The molecule has 0 bridgehead atoms. The molecule has 1 atom stereocenters. The van der Waals surface area contributed by atoms with Crippen LogP contribution < -0.4 is 5.32 Å². The van der Waals surface area contributed by atoms with E-state index in [1.54, 1.807) is 16.0 Å². The molecule has 5 nitrogen and oxygen atoms in total. The fraction of sp³-hybridized carbons (Fsp3) is 0.640. The second kappa shape index (κ2) is 8.89. The highest BCUT2D eigenvalue weighted by Crippen LogP contribution is 2.45. The van der Waals surface area contributed by atoms with Crippen molar-refractivity contribution in [2.75, 3.05) is 0 Å². The Morgan fingerprint density at radius 2 is 2.00 bits per heavy atom. The molecule has 1 fully saturated rings. The van der Waals surface area contributed by atoms with Gasteiger partial charge in [-0.05, 0) is 55.9 Å². The highest BCUT2D eigenvalue weighted by atomic mass is 32.1. The molecular weight excluding hydrogens is 404 g/mol. The zero-order valence-corrected chi connectivity index (χ0v) is 20.4. The van der Waals surface area contributed by atoms with Crippen molar-refractivity contribution in [1.82, 2.24) is 15.1 Å². The van der Waals surface area contributed by atoms with Crippen LogP contribution in [-0.2, 0) is 19.9 Å². The molecule has 2 aliphatic carbocycles. The quantitative estimate of drug-likeness (QED) is 0.615. The molecule has 1 saturated carbocycles. The Balaban J connectivity index is 1.66. The molecule has 0 unspecified atom stereocenters. The van der Waals surface area contributed by atoms with Crippen LogP contribution in [0, 0.1) is 18.3 Å². The number of amides is 1. The summed E-state index contributed by atoms with van der Waals surface area (Å²) < 4.78 is 1.81. The first kappa shape index (κ1) is 22.3. The normalized spacial score (nSPS) is 20.2. The van der Waals surface area contributed by atoms with Crippen LogP contribution in [0.3, 0.4) is 0 Å². The van der Waals surface area contributed by atoms with Crippen molar-refractivity contribution < 1.29 is 4.79 Å². The number of aliphatic imine (C=N–C) groups is 1. The third-order valence-corrected chi connectivity index (χ3v) is 8.17. The van der Waals surface area contributed by atoms with Crippen molar-refractivity contribution in [3.05, 3.63) is 33.5 Å². The molecule has 1 N–H and O–H groups in total. The number of aromatic nitrogens is 2. The lowest BCUT2D eigenvalue weighted by Gasteiger charge is -2.34. The topological polar surface area (TPSA) is 59.3 Å². The van der Waals surface area contributed by atoms with Crippen LogP contribution in [0.25, 0.3) is 0 Å². The number of aryl methyl sites for hydroxylation is 2. The zero-order valence-electron chi connectivity index (χ0n) is 19.6. The number of carbonyl (C=O) groups is 1. The van der Waals surface area contributed by atoms with E-state index in [1.165, 1.54) is 29.7 Å². The van der Waals surface area contributed by atoms with Crippen LogP contribution in [0.5, 0.6) is 0 Å². The van der Waals surface area contributed by atoms with Gasteiger partial charge in [0.2, 0.25) is 0 Å². The van der Waals surface area contributed by atoms with Gasteiger partial charge in [-0.2, -0.15) is 5.10 Å². The second-order valence-electron chi connectivity index (χ2n) is 10.4. The minimum absolute atomic E-state index is 0.0775. The Morgan fingerprint density at radius 3 is 2.65 bits per heavy atom. The minimum atomic E-state index is 0.0775. The smallest absolute Gasteiger partial charge is 0.254 e. The van der Waals surface area contributed by atoms with E-state index in [2.05, 4.69) is 31.2 Å². The summed E-state index contributed by atoms with van der Waals surface area (Å²) in [6.45, 7) is 8.98. The number of carbonyl (C=O) groups excluding carboxylic acids is 1. The van der Waals surface area contributed by atoms with Crippen molar-refractivity contribution in [2.45, 2.75) is 85.1 Å². The van der Waals surface area contributed by atoms with Gasteiger partial charge in [-0.1, -0.05) is 40.0 Å². The molecule has 0 radical (unpaired) electrons. The number of thiophene rings is 1. The molecule has 6 heteroatoms. The van der Waals surface area contributed by atoms with Gasteiger partial charge in [-0.15, -0.1) is 11.3 Å².